The SMILES string of the molecule is c1ccc2c(c1)-c1ccccc1C21c2ccccc2-c2ccc(-c3c4ccccc4c(-c4ccc5oc6cccc7ccc4c5c76)c4ccccc34)cc21. The highest BCUT2D eigenvalue weighted by molar-refractivity contribution is 6.28. The van der Waals surface area contributed by atoms with E-state index in [4.69, 9.17) is 4.42 Å². The average Bonchev–Trinajstić information content (AvgIpc) is 3.87. The van der Waals surface area contributed by atoms with Gasteiger partial charge in [-0.1, -0.05) is 158 Å². The van der Waals surface area contributed by atoms with Gasteiger partial charge in [0.05, 0.1) is 5.41 Å². The highest BCUT2D eigenvalue weighted by Crippen LogP contribution is 2.63. The van der Waals surface area contributed by atoms with Crippen LogP contribution in [0, 0.1) is 0 Å². The lowest BCUT2D eigenvalue weighted by Crippen LogP contribution is -2.25. The van der Waals surface area contributed by atoms with Gasteiger partial charge in [0.15, 0.2) is 0 Å². The molecule has 0 saturated heterocycles. The number of rotatable bonds is 2. The van der Waals surface area contributed by atoms with Crippen LogP contribution in [0.15, 0.2) is 186 Å². The van der Waals surface area contributed by atoms with E-state index in [-0.39, 0.29) is 0 Å². The van der Waals surface area contributed by atoms with Crippen molar-refractivity contribution in [2.45, 2.75) is 5.41 Å². The van der Waals surface area contributed by atoms with E-state index >= 15 is 0 Å². The van der Waals surface area contributed by atoms with Gasteiger partial charge in [-0.2, -0.15) is 0 Å². The first-order valence-electron chi connectivity index (χ1n) is 18.8. The first-order chi connectivity index (χ1) is 26.8. The third-order valence-corrected chi connectivity index (χ3v) is 12.7. The van der Waals surface area contributed by atoms with Crippen molar-refractivity contribution < 1.29 is 4.42 Å². The van der Waals surface area contributed by atoms with Gasteiger partial charge < -0.3 is 4.42 Å². The normalized spacial score (nSPS) is 13.7. The predicted molar refractivity (Wildman–Crippen MR) is 225 cm³/mol. The molecule has 0 aliphatic heterocycles. The molecule has 11 aromatic rings. The molecular weight excluding hydrogens is 653 g/mol. The second-order valence-corrected chi connectivity index (χ2v) is 15.0. The maximum Gasteiger partial charge on any atom is 0.136 e. The van der Waals surface area contributed by atoms with E-state index in [0.29, 0.717) is 0 Å². The molecule has 0 amide bonds. The Bertz CT molecular complexity index is 3270. The molecule has 1 aromatic heterocycles. The van der Waals surface area contributed by atoms with Crippen LogP contribution in [0.25, 0.3) is 98.8 Å². The zero-order valence-corrected chi connectivity index (χ0v) is 29.2. The second-order valence-electron chi connectivity index (χ2n) is 15.0. The smallest absolute Gasteiger partial charge is 0.136 e. The first kappa shape index (κ1) is 28.6. The topological polar surface area (TPSA) is 13.1 Å². The first-order valence-corrected chi connectivity index (χ1v) is 18.8. The van der Waals surface area contributed by atoms with Crippen LogP contribution in [0.2, 0.25) is 0 Å². The Morgan fingerprint density at radius 2 is 0.833 bits per heavy atom. The summed E-state index contributed by atoms with van der Waals surface area (Å²) in [5, 5.41) is 9.88. The van der Waals surface area contributed by atoms with Crippen LogP contribution in [0.1, 0.15) is 22.3 Å². The quantitative estimate of drug-likeness (QED) is 0.131. The van der Waals surface area contributed by atoms with E-state index in [9.17, 15) is 0 Å². The monoisotopic (exact) mass is 682 g/mol. The predicted octanol–water partition coefficient (Wildman–Crippen LogP) is 14.2. The van der Waals surface area contributed by atoms with Crippen molar-refractivity contribution in [3.05, 3.63) is 204 Å². The van der Waals surface area contributed by atoms with Crippen LogP contribution in [0.5, 0.6) is 0 Å². The van der Waals surface area contributed by atoms with Crippen molar-refractivity contribution in [1.29, 1.82) is 0 Å². The fourth-order valence-corrected chi connectivity index (χ4v) is 10.6. The molecule has 0 fully saturated rings. The minimum atomic E-state index is -0.392. The molecule has 0 saturated carbocycles. The third kappa shape index (κ3) is 3.37. The van der Waals surface area contributed by atoms with Gasteiger partial charge in [0.25, 0.3) is 0 Å². The molecule has 0 N–H and O–H groups in total. The Balaban J connectivity index is 1.13. The molecule has 1 heterocycles. The lowest BCUT2D eigenvalue weighted by molar-refractivity contribution is 0.669. The van der Waals surface area contributed by atoms with Crippen molar-refractivity contribution >= 4 is 54.3 Å². The Labute approximate surface area is 311 Å². The fraction of sp³-hybridized carbons (Fsp3) is 0.0189. The lowest BCUT2D eigenvalue weighted by atomic mass is 9.70. The summed E-state index contributed by atoms with van der Waals surface area (Å²) in [5.74, 6) is 0. The van der Waals surface area contributed by atoms with Crippen LogP contribution < -0.4 is 0 Å². The van der Waals surface area contributed by atoms with Crippen molar-refractivity contribution in [1.82, 2.24) is 0 Å². The van der Waals surface area contributed by atoms with Gasteiger partial charge in [0.2, 0.25) is 0 Å². The van der Waals surface area contributed by atoms with Gasteiger partial charge in [-0.15, -0.1) is 0 Å². The zero-order valence-electron chi connectivity index (χ0n) is 29.2. The summed E-state index contributed by atoms with van der Waals surface area (Å²) >= 11 is 0. The van der Waals surface area contributed by atoms with Crippen molar-refractivity contribution in [3.63, 3.8) is 0 Å². The summed E-state index contributed by atoms with van der Waals surface area (Å²) in [6, 6.07) is 67.9. The summed E-state index contributed by atoms with van der Waals surface area (Å²) in [5.41, 5.74) is 17.3. The van der Waals surface area contributed by atoms with E-state index in [1.54, 1.807) is 0 Å². The van der Waals surface area contributed by atoms with Gasteiger partial charge in [-0.3, -0.25) is 0 Å². The van der Waals surface area contributed by atoms with Gasteiger partial charge in [-0.05, 0) is 123 Å². The molecule has 2 aliphatic rings. The molecule has 1 nitrogen and oxygen atoms in total. The standard InChI is InChI=1S/C53H30O/c1-3-18-39-37(16-1)49(38-17-2-4-19-40(38)51(39)41-28-29-48-52-42(41)27-24-31-12-11-23-47(54-48)50(31)52)32-25-26-36-35-15-7-10-22-45(35)53(46(36)30-32)43-20-8-5-13-33(43)34-14-6-9-21-44(34)53/h1-30H. The van der Waals surface area contributed by atoms with E-state index in [1.165, 1.54) is 110 Å². The highest BCUT2D eigenvalue weighted by atomic mass is 16.3. The number of fused-ring (bicyclic) bond motifs is 12. The zero-order chi connectivity index (χ0) is 35.1. The molecule has 0 radical (unpaired) electrons. The van der Waals surface area contributed by atoms with Crippen molar-refractivity contribution in [3.8, 4) is 44.5 Å². The van der Waals surface area contributed by atoms with Crippen LogP contribution in [-0.4, -0.2) is 0 Å². The van der Waals surface area contributed by atoms with Crippen molar-refractivity contribution in [2.24, 2.45) is 0 Å². The minimum Gasteiger partial charge on any atom is -0.456 e. The molecule has 13 rings (SSSR count). The molecule has 10 aromatic carbocycles. The van der Waals surface area contributed by atoms with Crippen LogP contribution in [-0.2, 0) is 5.41 Å². The summed E-state index contributed by atoms with van der Waals surface area (Å²) in [6.45, 7) is 0. The van der Waals surface area contributed by atoms with E-state index < -0.39 is 5.41 Å². The highest BCUT2D eigenvalue weighted by Gasteiger charge is 2.51. The molecule has 0 bridgehead atoms. The molecule has 54 heavy (non-hydrogen) atoms. The number of furan rings is 1. The summed E-state index contributed by atoms with van der Waals surface area (Å²) in [4.78, 5) is 0. The minimum absolute atomic E-state index is 0.392. The Morgan fingerprint density at radius 3 is 1.46 bits per heavy atom. The average molecular weight is 683 g/mol. The van der Waals surface area contributed by atoms with Crippen LogP contribution in [0.4, 0.5) is 0 Å². The maximum atomic E-state index is 6.40. The lowest BCUT2D eigenvalue weighted by Gasteiger charge is -2.31. The van der Waals surface area contributed by atoms with E-state index in [2.05, 4.69) is 182 Å². The largest absolute Gasteiger partial charge is 0.456 e. The number of hydrogen-bond acceptors (Lipinski definition) is 1. The molecule has 0 atom stereocenters. The van der Waals surface area contributed by atoms with Gasteiger partial charge in [0.1, 0.15) is 11.2 Å². The van der Waals surface area contributed by atoms with Gasteiger partial charge in [-0.25, -0.2) is 0 Å². The van der Waals surface area contributed by atoms with Crippen LogP contribution in [0.3, 0.4) is 0 Å². The van der Waals surface area contributed by atoms with E-state index in [0.717, 1.165) is 11.2 Å². The second kappa shape index (κ2) is 10.1. The summed E-state index contributed by atoms with van der Waals surface area (Å²) in [7, 11) is 0. The summed E-state index contributed by atoms with van der Waals surface area (Å²) in [6.07, 6.45) is 0. The van der Waals surface area contributed by atoms with E-state index in [1.807, 2.05) is 0 Å². The fourth-order valence-electron chi connectivity index (χ4n) is 10.6. The molecule has 2 aliphatic carbocycles. The van der Waals surface area contributed by atoms with Gasteiger partial charge >= 0.3 is 0 Å². The van der Waals surface area contributed by atoms with Crippen LogP contribution >= 0.6 is 0 Å². The molecule has 1 spiro atoms. The molecular formula is C53H30O. The van der Waals surface area contributed by atoms with Crippen molar-refractivity contribution in [2.75, 3.05) is 0 Å². The third-order valence-electron chi connectivity index (χ3n) is 12.7. The Hall–Kier alpha value is -6.96. The molecule has 1 heteroatoms. The number of hydrogen-bond donors (Lipinski definition) is 0. The maximum absolute atomic E-state index is 6.40. The van der Waals surface area contributed by atoms with Gasteiger partial charge in [0, 0.05) is 10.8 Å². The number of benzene rings is 10. The summed E-state index contributed by atoms with van der Waals surface area (Å²) < 4.78 is 6.40. The molecule has 248 valence electrons. The Morgan fingerprint density at radius 1 is 0.315 bits per heavy atom. The Kier molecular flexibility index (Phi) is 5.36. The molecule has 0 unspecified atom stereocenters.